The van der Waals surface area contributed by atoms with Crippen LogP contribution < -0.4 is 20.7 Å². The van der Waals surface area contributed by atoms with Crippen LogP contribution in [0, 0.1) is 5.92 Å². The van der Waals surface area contributed by atoms with Crippen molar-refractivity contribution in [3.8, 4) is 11.5 Å². The fourth-order valence-corrected chi connectivity index (χ4v) is 4.46. The zero-order valence-corrected chi connectivity index (χ0v) is 14.3. The number of anilines is 1. The molecule has 4 N–H and O–H groups in total. The van der Waals surface area contributed by atoms with E-state index in [0.29, 0.717) is 12.2 Å². The molecule has 0 aromatic heterocycles. The zero-order chi connectivity index (χ0) is 17.8. The Morgan fingerprint density at radius 1 is 1.27 bits per heavy atom. The monoisotopic (exact) mass is 351 g/mol. The number of carbonyl (C=O) groups excluding carboxylic acids is 1. The maximum atomic E-state index is 12.7. The highest BCUT2D eigenvalue weighted by atomic mass is 16.5. The van der Waals surface area contributed by atoms with Gasteiger partial charge in [-0.25, -0.2) is 0 Å². The van der Waals surface area contributed by atoms with Gasteiger partial charge in [0.2, 0.25) is 0 Å². The summed E-state index contributed by atoms with van der Waals surface area (Å²) in [6.07, 6.45) is 1.46. The Labute approximate surface area is 151 Å². The van der Waals surface area contributed by atoms with E-state index in [0.717, 1.165) is 42.0 Å². The van der Waals surface area contributed by atoms with Gasteiger partial charge in [-0.15, -0.1) is 0 Å². The van der Waals surface area contributed by atoms with E-state index in [1.165, 1.54) is 0 Å². The first kappa shape index (κ1) is 15.5. The van der Waals surface area contributed by atoms with Crippen LogP contribution in [0.15, 0.2) is 36.4 Å². The Kier molecular flexibility index (Phi) is 3.37. The maximum Gasteiger partial charge on any atom is 0.255 e. The molecule has 5 rings (SSSR count). The Balaban J connectivity index is 1.52. The normalized spacial score (nSPS) is 26.4. The standard InChI is InChI=1S/C20H21N3O3/c21-16-6-7-23-18-14(16)2-1-3-15(18)20(25)22-19(23)12-8-11-9-13(24)4-5-17(11)26-10-12/h1-5,9,12,16,19,24H,6-8,10,21H2,(H,22,25)/t12?,16-,19-/m0/s1. The van der Waals surface area contributed by atoms with Crippen molar-refractivity contribution in [2.24, 2.45) is 11.7 Å². The van der Waals surface area contributed by atoms with Gasteiger partial charge >= 0.3 is 0 Å². The molecule has 3 aliphatic heterocycles. The molecule has 0 fully saturated rings. The predicted molar refractivity (Wildman–Crippen MR) is 97.4 cm³/mol. The average molecular weight is 351 g/mol. The predicted octanol–water partition coefficient (Wildman–Crippen LogP) is 1.92. The Hall–Kier alpha value is -2.73. The van der Waals surface area contributed by atoms with Crippen LogP contribution in [0.25, 0.3) is 0 Å². The van der Waals surface area contributed by atoms with E-state index in [4.69, 9.17) is 10.5 Å². The van der Waals surface area contributed by atoms with E-state index in [1.807, 2.05) is 18.2 Å². The molecule has 0 saturated heterocycles. The highest BCUT2D eigenvalue weighted by molar-refractivity contribution is 6.03. The first-order valence-corrected chi connectivity index (χ1v) is 9.02. The van der Waals surface area contributed by atoms with Crippen molar-refractivity contribution in [3.63, 3.8) is 0 Å². The minimum Gasteiger partial charge on any atom is -0.508 e. The molecule has 0 radical (unpaired) electrons. The van der Waals surface area contributed by atoms with Crippen LogP contribution in [0.1, 0.15) is 33.9 Å². The van der Waals surface area contributed by atoms with Crippen LogP contribution >= 0.6 is 0 Å². The van der Waals surface area contributed by atoms with Crippen LogP contribution in [-0.4, -0.2) is 30.3 Å². The molecule has 6 nitrogen and oxygen atoms in total. The molecule has 3 atom stereocenters. The molecule has 1 unspecified atom stereocenters. The second kappa shape index (κ2) is 5.64. The van der Waals surface area contributed by atoms with Gasteiger partial charge in [-0.2, -0.15) is 0 Å². The number of amides is 1. The molecule has 0 bridgehead atoms. The van der Waals surface area contributed by atoms with Gasteiger partial charge in [-0.1, -0.05) is 12.1 Å². The van der Waals surface area contributed by atoms with Crippen molar-refractivity contribution in [1.29, 1.82) is 0 Å². The minimum absolute atomic E-state index is 0.0342. The summed E-state index contributed by atoms with van der Waals surface area (Å²) in [5, 5.41) is 12.9. The van der Waals surface area contributed by atoms with Crippen LogP contribution in [0.5, 0.6) is 11.5 Å². The van der Waals surface area contributed by atoms with E-state index in [1.54, 1.807) is 18.2 Å². The number of hydrogen-bond acceptors (Lipinski definition) is 5. The van der Waals surface area contributed by atoms with Gasteiger partial charge in [0.1, 0.15) is 17.7 Å². The number of phenolic OH excluding ortho intramolecular Hbond substituents is 1. The number of nitrogens with one attached hydrogen (secondary N) is 1. The van der Waals surface area contributed by atoms with Crippen LogP contribution in [-0.2, 0) is 6.42 Å². The lowest BCUT2D eigenvalue weighted by Gasteiger charge is -2.47. The maximum absolute atomic E-state index is 12.7. The van der Waals surface area contributed by atoms with Crippen LogP contribution in [0.3, 0.4) is 0 Å². The number of ether oxygens (including phenoxy) is 1. The van der Waals surface area contributed by atoms with E-state index < -0.39 is 0 Å². The second-order valence-corrected chi connectivity index (χ2v) is 7.32. The number of carbonyl (C=O) groups is 1. The van der Waals surface area contributed by atoms with E-state index in [2.05, 4.69) is 10.2 Å². The third-order valence-electron chi connectivity index (χ3n) is 5.72. The van der Waals surface area contributed by atoms with E-state index >= 15 is 0 Å². The van der Waals surface area contributed by atoms with Crippen molar-refractivity contribution in [1.82, 2.24) is 5.32 Å². The highest BCUT2D eigenvalue weighted by Gasteiger charge is 2.41. The topological polar surface area (TPSA) is 87.8 Å². The van der Waals surface area contributed by atoms with Gasteiger partial charge in [0, 0.05) is 18.5 Å². The zero-order valence-electron chi connectivity index (χ0n) is 14.3. The molecular weight excluding hydrogens is 330 g/mol. The van der Waals surface area contributed by atoms with Gasteiger partial charge < -0.3 is 25.8 Å². The van der Waals surface area contributed by atoms with Gasteiger partial charge in [0.05, 0.1) is 17.9 Å². The summed E-state index contributed by atoms with van der Waals surface area (Å²) >= 11 is 0. The highest BCUT2D eigenvalue weighted by Crippen LogP contribution is 2.41. The molecule has 3 aliphatic rings. The summed E-state index contributed by atoms with van der Waals surface area (Å²) in [5.74, 6) is 1.09. The smallest absolute Gasteiger partial charge is 0.255 e. The number of para-hydroxylation sites is 1. The van der Waals surface area contributed by atoms with Crippen molar-refractivity contribution >= 4 is 11.6 Å². The average Bonchev–Trinajstić information content (AvgIpc) is 2.65. The fourth-order valence-electron chi connectivity index (χ4n) is 4.46. The third-order valence-corrected chi connectivity index (χ3v) is 5.72. The number of aromatic hydroxyl groups is 1. The lowest BCUT2D eigenvalue weighted by molar-refractivity contribution is 0.0881. The number of nitrogens with zero attached hydrogens (tertiary/aromatic N) is 1. The molecule has 26 heavy (non-hydrogen) atoms. The number of nitrogens with two attached hydrogens (primary N) is 1. The molecule has 3 heterocycles. The summed E-state index contributed by atoms with van der Waals surface area (Å²) < 4.78 is 5.92. The van der Waals surface area contributed by atoms with Gasteiger partial charge in [-0.05, 0) is 48.2 Å². The lowest BCUT2D eigenvalue weighted by Crippen LogP contribution is -2.60. The first-order chi connectivity index (χ1) is 12.6. The fraction of sp³-hybridized carbons (Fsp3) is 0.350. The lowest BCUT2D eigenvalue weighted by atomic mass is 9.87. The van der Waals surface area contributed by atoms with E-state index in [9.17, 15) is 9.90 Å². The van der Waals surface area contributed by atoms with Crippen LogP contribution in [0.4, 0.5) is 5.69 Å². The molecular formula is C20H21N3O3. The molecule has 6 heteroatoms. The Morgan fingerprint density at radius 3 is 3.04 bits per heavy atom. The van der Waals surface area contributed by atoms with Crippen molar-refractivity contribution < 1.29 is 14.6 Å². The first-order valence-electron chi connectivity index (χ1n) is 9.02. The molecule has 1 amide bonds. The number of benzene rings is 2. The summed E-state index contributed by atoms with van der Waals surface area (Å²) in [6.45, 7) is 1.34. The minimum atomic E-state index is -0.140. The Morgan fingerprint density at radius 2 is 2.15 bits per heavy atom. The molecule has 2 aromatic rings. The molecule has 134 valence electrons. The Bertz CT molecular complexity index is 898. The van der Waals surface area contributed by atoms with E-state index in [-0.39, 0.29) is 29.8 Å². The quantitative estimate of drug-likeness (QED) is 0.731. The number of rotatable bonds is 1. The van der Waals surface area contributed by atoms with Crippen molar-refractivity contribution in [3.05, 3.63) is 53.1 Å². The third kappa shape index (κ3) is 2.25. The molecule has 2 aromatic carbocycles. The summed E-state index contributed by atoms with van der Waals surface area (Å²) in [4.78, 5) is 15.0. The van der Waals surface area contributed by atoms with Gasteiger partial charge in [0.15, 0.2) is 0 Å². The summed E-state index contributed by atoms with van der Waals surface area (Å²) in [6, 6.07) is 10.9. The van der Waals surface area contributed by atoms with Crippen molar-refractivity contribution in [2.75, 3.05) is 18.1 Å². The summed E-state index contributed by atoms with van der Waals surface area (Å²) in [7, 11) is 0. The summed E-state index contributed by atoms with van der Waals surface area (Å²) in [5.41, 5.74) is 9.99. The van der Waals surface area contributed by atoms with Gasteiger partial charge in [0.25, 0.3) is 5.91 Å². The number of fused-ring (bicyclic) bond motifs is 1. The van der Waals surface area contributed by atoms with Gasteiger partial charge in [-0.3, -0.25) is 4.79 Å². The molecule has 0 spiro atoms. The van der Waals surface area contributed by atoms with Crippen LogP contribution in [0.2, 0.25) is 0 Å². The SMILES string of the molecule is N[C@H]1CCN2c3c(cccc31)C(=O)N[C@@H]2C1COc2ccc(O)cc2C1. The number of hydrogen-bond donors (Lipinski definition) is 3. The second-order valence-electron chi connectivity index (χ2n) is 7.32. The molecule has 0 saturated carbocycles. The van der Waals surface area contributed by atoms with Crippen molar-refractivity contribution in [2.45, 2.75) is 25.0 Å². The molecule has 0 aliphatic carbocycles. The largest absolute Gasteiger partial charge is 0.508 e. The number of phenols is 1.